The summed E-state index contributed by atoms with van der Waals surface area (Å²) in [6, 6.07) is 0. The lowest BCUT2D eigenvalue weighted by Crippen LogP contribution is -2.08. The second-order valence-electron chi connectivity index (χ2n) is 3.09. The highest BCUT2D eigenvalue weighted by Gasteiger charge is 2.11. The van der Waals surface area contributed by atoms with Crippen molar-refractivity contribution in [2.24, 2.45) is 11.8 Å². The first kappa shape index (κ1) is 10.0. The molecule has 11 heavy (non-hydrogen) atoms. The number of carbonyl (C=O) groups is 1. The molecule has 0 radical (unpaired) electrons. The molecule has 1 atom stereocenters. The van der Waals surface area contributed by atoms with Crippen molar-refractivity contribution in [3.8, 4) is 12.3 Å². The van der Waals surface area contributed by atoms with Crippen molar-refractivity contribution in [2.75, 3.05) is 0 Å². The molecular formula is C9H14O2. The van der Waals surface area contributed by atoms with Crippen LogP contribution in [-0.4, -0.2) is 11.1 Å². The van der Waals surface area contributed by atoms with Gasteiger partial charge in [-0.25, -0.2) is 0 Å². The standard InChI is InChI=1S/C9H14O2/c1-4-8(5-7(2)3)6-9(10)11/h1,7-8H,5-6H2,2-3H3,(H,10,11)/t8-/m1/s1. The van der Waals surface area contributed by atoms with Gasteiger partial charge in [0.1, 0.15) is 0 Å². The zero-order valence-electron chi connectivity index (χ0n) is 7.00. The van der Waals surface area contributed by atoms with Crippen LogP contribution in [0.5, 0.6) is 0 Å². The fraction of sp³-hybridized carbons (Fsp3) is 0.667. The largest absolute Gasteiger partial charge is 0.481 e. The Morgan fingerprint density at radius 1 is 1.64 bits per heavy atom. The molecule has 0 aromatic carbocycles. The Bertz CT molecular complexity index is 165. The van der Waals surface area contributed by atoms with Gasteiger partial charge >= 0.3 is 5.97 Å². The number of rotatable bonds is 4. The summed E-state index contributed by atoms with van der Waals surface area (Å²) in [6.45, 7) is 4.07. The smallest absolute Gasteiger partial charge is 0.304 e. The van der Waals surface area contributed by atoms with Crippen molar-refractivity contribution in [1.82, 2.24) is 0 Å². The molecule has 0 spiro atoms. The normalized spacial score (nSPS) is 12.5. The molecular weight excluding hydrogens is 140 g/mol. The number of hydrogen-bond donors (Lipinski definition) is 1. The van der Waals surface area contributed by atoms with E-state index in [9.17, 15) is 4.79 Å². The molecule has 2 heteroatoms. The molecule has 0 aromatic heterocycles. The summed E-state index contributed by atoms with van der Waals surface area (Å²) in [6.07, 6.45) is 6.04. The lowest BCUT2D eigenvalue weighted by Gasteiger charge is -2.09. The average molecular weight is 154 g/mol. The van der Waals surface area contributed by atoms with Gasteiger partial charge in [-0.3, -0.25) is 4.79 Å². The van der Waals surface area contributed by atoms with Gasteiger partial charge in [-0.2, -0.15) is 0 Å². The molecule has 0 bridgehead atoms. The second-order valence-corrected chi connectivity index (χ2v) is 3.09. The number of aliphatic carboxylic acids is 1. The maximum absolute atomic E-state index is 10.3. The summed E-state index contributed by atoms with van der Waals surface area (Å²) in [5, 5.41) is 8.43. The molecule has 0 aliphatic rings. The van der Waals surface area contributed by atoms with E-state index in [2.05, 4.69) is 5.92 Å². The van der Waals surface area contributed by atoms with Gasteiger partial charge in [-0.15, -0.1) is 12.3 Å². The van der Waals surface area contributed by atoms with Crippen LogP contribution in [0.4, 0.5) is 0 Å². The number of carboxylic acids is 1. The molecule has 0 heterocycles. The van der Waals surface area contributed by atoms with Gasteiger partial charge < -0.3 is 5.11 Å². The third kappa shape index (κ3) is 5.47. The van der Waals surface area contributed by atoms with Crippen LogP contribution in [0.1, 0.15) is 26.7 Å². The van der Waals surface area contributed by atoms with E-state index in [4.69, 9.17) is 11.5 Å². The zero-order valence-corrected chi connectivity index (χ0v) is 7.00. The Kier molecular flexibility index (Phi) is 4.36. The van der Waals surface area contributed by atoms with E-state index in [1.807, 2.05) is 13.8 Å². The molecule has 0 amide bonds. The Morgan fingerprint density at radius 3 is 2.45 bits per heavy atom. The van der Waals surface area contributed by atoms with Gasteiger partial charge in [0, 0.05) is 5.92 Å². The predicted octanol–water partition coefficient (Wildman–Crippen LogP) is 1.76. The predicted molar refractivity (Wildman–Crippen MR) is 44.0 cm³/mol. The summed E-state index contributed by atoms with van der Waals surface area (Å²) in [5.74, 6) is 2.04. The van der Waals surface area contributed by atoms with E-state index >= 15 is 0 Å². The van der Waals surface area contributed by atoms with Crippen molar-refractivity contribution in [1.29, 1.82) is 0 Å². The molecule has 2 nitrogen and oxygen atoms in total. The van der Waals surface area contributed by atoms with Crippen LogP contribution in [0.3, 0.4) is 0 Å². The van der Waals surface area contributed by atoms with Gasteiger partial charge in [0.05, 0.1) is 6.42 Å². The Labute approximate surface area is 67.6 Å². The maximum atomic E-state index is 10.3. The van der Waals surface area contributed by atoms with E-state index in [-0.39, 0.29) is 12.3 Å². The van der Waals surface area contributed by atoms with E-state index in [1.54, 1.807) is 0 Å². The summed E-state index contributed by atoms with van der Waals surface area (Å²) in [7, 11) is 0. The molecule has 0 unspecified atom stereocenters. The monoisotopic (exact) mass is 154 g/mol. The lowest BCUT2D eigenvalue weighted by molar-refractivity contribution is -0.137. The quantitative estimate of drug-likeness (QED) is 0.626. The van der Waals surface area contributed by atoms with Crippen molar-refractivity contribution in [3.05, 3.63) is 0 Å². The van der Waals surface area contributed by atoms with Crippen LogP contribution in [0, 0.1) is 24.2 Å². The summed E-state index contributed by atoms with van der Waals surface area (Å²) >= 11 is 0. The Balaban J connectivity index is 3.79. The first-order chi connectivity index (χ1) is 5.06. The van der Waals surface area contributed by atoms with Gasteiger partial charge in [0.25, 0.3) is 0 Å². The van der Waals surface area contributed by atoms with Crippen LogP contribution in [0.25, 0.3) is 0 Å². The average Bonchev–Trinajstić information content (AvgIpc) is 1.84. The molecule has 0 aliphatic carbocycles. The number of hydrogen-bond acceptors (Lipinski definition) is 1. The minimum atomic E-state index is -0.811. The molecule has 0 aliphatic heterocycles. The summed E-state index contributed by atoms with van der Waals surface area (Å²) in [5.41, 5.74) is 0. The van der Waals surface area contributed by atoms with E-state index in [0.29, 0.717) is 5.92 Å². The number of terminal acetylenes is 1. The first-order valence-electron chi connectivity index (χ1n) is 3.74. The zero-order chi connectivity index (χ0) is 8.85. The number of carboxylic acid groups (broad SMARTS) is 1. The minimum absolute atomic E-state index is 0.0919. The lowest BCUT2D eigenvalue weighted by atomic mass is 9.95. The third-order valence-electron chi connectivity index (χ3n) is 1.41. The molecule has 0 saturated heterocycles. The van der Waals surface area contributed by atoms with Crippen LogP contribution in [0.15, 0.2) is 0 Å². The second kappa shape index (κ2) is 4.79. The van der Waals surface area contributed by atoms with Crippen LogP contribution < -0.4 is 0 Å². The molecule has 0 saturated carbocycles. The Hall–Kier alpha value is -0.970. The SMILES string of the molecule is C#C[C@@H](CC(=O)O)CC(C)C. The van der Waals surface area contributed by atoms with Crippen molar-refractivity contribution in [3.63, 3.8) is 0 Å². The van der Waals surface area contributed by atoms with Crippen LogP contribution in [-0.2, 0) is 4.79 Å². The van der Waals surface area contributed by atoms with Gasteiger partial charge in [0.15, 0.2) is 0 Å². The first-order valence-corrected chi connectivity index (χ1v) is 3.74. The van der Waals surface area contributed by atoms with Gasteiger partial charge in [0.2, 0.25) is 0 Å². The highest BCUT2D eigenvalue weighted by molar-refractivity contribution is 5.67. The molecule has 0 rings (SSSR count). The van der Waals surface area contributed by atoms with Gasteiger partial charge in [-0.1, -0.05) is 13.8 Å². The topological polar surface area (TPSA) is 37.3 Å². The Morgan fingerprint density at radius 2 is 2.18 bits per heavy atom. The van der Waals surface area contributed by atoms with E-state index < -0.39 is 5.97 Å². The third-order valence-corrected chi connectivity index (χ3v) is 1.41. The molecule has 1 N–H and O–H groups in total. The maximum Gasteiger partial charge on any atom is 0.304 e. The summed E-state index contributed by atoms with van der Waals surface area (Å²) in [4.78, 5) is 10.3. The summed E-state index contributed by atoms with van der Waals surface area (Å²) < 4.78 is 0. The van der Waals surface area contributed by atoms with Crippen molar-refractivity contribution >= 4 is 5.97 Å². The molecule has 0 aromatic rings. The fourth-order valence-corrected chi connectivity index (χ4v) is 0.990. The van der Waals surface area contributed by atoms with E-state index in [1.165, 1.54) is 0 Å². The minimum Gasteiger partial charge on any atom is -0.481 e. The molecule has 62 valence electrons. The van der Waals surface area contributed by atoms with Gasteiger partial charge in [-0.05, 0) is 12.3 Å². The van der Waals surface area contributed by atoms with E-state index in [0.717, 1.165) is 6.42 Å². The highest BCUT2D eigenvalue weighted by atomic mass is 16.4. The highest BCUT2D eigenvalue weighted by Crippen LogP contribution is 2.13. The van der Waals surface area contributed by atoms with Crippen LogP contribution in [0.2, 0.25) is 0 Å². The molecule has 0 fully saturated rings. The van der Waals surface area contributed by atoms with Crippen LogP contribution >= 0.6 is 0 Å². The van der Waals surface area contributed by atoms with Crippen molar-refractivity contribution in [2.45, 2.75) is 26.7 Å². The van der Waals surface area contributed by atoms with Crippen molar-refractivity contribution < 1.29 is 9.90 Å². The fourth-order valence-electron chi connectivity index (χ4n) is 0.990.